The molecule has 0 radical (unpaired) electrons. The van der Waals surface area contributed by atoms with E-state index in [0.717, 1.165) is 12.1 Å². The zero-order valence-electron chi connectivity index (χ0n) is 8.57. The molecule has 1 aromatic rings. The van der Waals surface area contributed by atoms with Crippen LogP contribution < -0.4 is 5.73 Å². The minimum absolute atomic E-state index is 0.319. The summed E-state index contributed by atoms with van der Waals surface area (Å²) in [6.07, 6.45) is 6.52. The van der Waals surface area contributed by atoms with Crippen molar-refractivity contribution in [3.8, 4) is 0 Å². The lowest BCUT2D eigenvalue weighted by Gasteiger charge is -2.07. The Kier molecular flexibility index (Phi) is 4.17. The molecule has 2 N–H and O–H groups in total. The van der Waals surface area contributed by atoms with Crippen molar-refractivity contribution in [2.45, 2.75) is 26.3 Å². The summed E-state index contributed by atoms with van der Waals surface area (Å²) >= 11 is 6.00. The topological polar surface area (TPSA) is 43.8 Å². The van der Waals surface area contributed by atoms with Crippen molar-refractivity contribution in [3.63, 3.8) is 0 Å². The van der Waals surface area contributed by atoms with Crippen molar-refractivity contribution in [1.29, 1.82) is 0 Å². The maximum Gasteiger partial charge on any atom is 0.0859 e. The summed E-state index contributed by atoms with van der Waals surface area (Å²) in [5.74, 6) is 0. The third-order valence-corrected chi connectivity index (χ3v) is 2.18. The molecule has 0 atom stereocenters. The van der Waals surface area contributed by atoms with E-state index in [-0.39, 0.29) is 0 Å². The van der Waals surface area contributed by atoms with Gasteiger partial charge in [-0.3, -0.25) is 4.68 Å². The van der Waals surface area contributed by atoms with Gasteiger partial charge in [-0.15, -0.1) is 0 Å². The molecule has 0 aliphatic carbocycles. The van der Waals surface area contributed by atoms with E-state index < -0.39 is 0 Å². The first-order valence-corrected chi connectivity index (χ1v) is 5.14. The van der Waals surface area contributed by atoms with E-state index in [4.69, 9.17) is 17.3 Å². The summed E-state index contributed by atoms with van der Waals surface area (Å²) in [6.45, 7) is 4.80. The predicted octanol–water partition coefficient (Wildman–Crippen LogP) is 2.48. The fraction of sp³-hybridized carbons (Fsp3) is 0.500. The van der Waals surface area contributed by atoms with Crippen LogP contribution in [-0.4, -0.2) is 16.3 Å². The second kappa shape index (κ2) is 5.17. The SMILES string of the molecule is CC(C)n1ncc(Cl)c1/C=C/CCN. The molecule has 78 valence electrons. The van der Waals surface area contributed by atoms with E-state index in [9.17, 15) is 0 Å². The van der Waals surface area contributed by atoms with Crippen LogP contribution in [-0.2, 0) is 0 Å². The number of aromatic nitrogens is 2. The zero-order chi connectivity index (χ0) is 10.6. The average molecular weight is 214 g/mol. The highest BCUT2D eigenvalue weighted by Crippen LogP contribution is 2.20. The van der Waals surface area contributed by atoms with Crippen LogP contribution in [0.15, 0.2) is 12.3 Å². The molecule has 0 unspecified atom stereocenters. The monoisotopic (exact) mass is 213 g/mol. The fourth-order valence-corrected chi connectivity index (χ4v) is 1.40. The average Bonchev–Trinajstić information content (AvgIpc) is 2.48. The predicted molar refractivity (Wildman–Crippen MR) is 60.3 cm³/mol. The number of rotatable bonds is 4. The van der Waals surface area contributed by atoms with Gasteiger partial charge in [0.25, 0.3) is 0 Å². The molecule has 4 heteroatoms. The second-order valence-electron chi connectivity index (χ2n) is 3.40. The zero-order valence-corrected chi connectivity index (χ0v) is 9.33. The van der Waals surface area contributed by atoms with Crippen LogP contribution in [0.5, 0.6) is 0 Å². The standard InChI is InChI=1S/C10H16ClN3/c1-8(2)14-10(5-3-4-6-12)9(11)7-13-14/h3,5,7-8H,4,6,12H2,1-2H3/b5-3+. The van der Waals surface area contributed by atoms with Gasteiger partial charge in [0.2, 0.25) is 0 Å². The Hall–Kier alpha value is -0.800. The Bertz CT molecular complexity index is 315. The van der Waals surface area contributed by atoms with Gasteiger partial charge in [0, 0.05) is 6.04 Å². The summed E-state index contributed by atoms with van der Waals surface area (Å²) in [6, 6.07) is 0.319. The maximum absolute atomic E-state index is 6.00. The summed E-state index contributed by atoms with van der Waals surface area (Å²) < 4.78 is 1.90. The van der Waals surface area contributed by atoms with Crippen LogP contribution in [0.4, 0.5) is 0 Å². The van der Waals surface area contributed by atoms with Crippen molar-refractivity contribution in [1.82, 2.24) is 9.78 Å². The largest absolute Gasteiger partial charge is 0.330 e. The highest BCUT2D eigenvalue weighted by Gasteiger charge is 2.07. The Morgan fingerprint density at radius 2 is 2.36 bits per heavy atom. The first-order valence-electron chi connectivity index (χ1n) is 4.76. The molecule has 0 aliphatic rings. The van der Waals surface area contributed by atoms with Gasteiger partial charge in [-0.05, 0) is 32.9 Å². The molecule has 14 heavy (non-hydrogen) atoms. The van der Waals surface area contributed by atoms with Crippen molar-refractivity contribution in [2.75, 3.05) is 6.54 Å². The van der Waals surface area contributed by atoms with E-state index in [1.807, 2.05) is 16.8 Å². The lowest BCUT2D eigenvalue weighted by Crippen LogP contribution is -2.04. The Balaban J connectivity index is 2.88. The minimum Gasteiger partial charge on any atom is -0.330 e. The van der Waals surface area contributed by atoms with Crippen molar-refractivity contribution >= 4 is 17.7 Å². The molecule has 0 saturated heterocycles. The number of hydrogen-bond donors (Lipinski definition) is 1. The Morgan fingerprint density at radius 3 is 2.93 bits per heavy atom. The fourth-order valence-electron chi connectivity index (χ4n) is 1.21. The van der Waals surface area contributed by atoms with Gasteiger partial charge in [0.15, 0.2) is 0 Å². The van der Waals surface area contributed by atoms with Crippen LogP contribution in [0.1, 0.15) is 32.0 Å². The van der Waals surface area contributed by atoms with Gasteiger partial charge < -0.3 is 5.73 Å². The van der Waals surface area contributed by atoms with Crippen molar-refractivity contribution in [3.05, 3.63) is 23.0 Å². The molecule has 0 amide bonds. The Labute approximate surface area is 89.5 Å². The molecule has 1 rings (SSSR count). The molecule has 1 heterocycles. The highest BCUT2D eigenvalue weighted by molar-refractivity contribution is 6.31. The van der Waals surface area contributed by atoms with Crippen molar-refractivity contribution in [2.24, 2.45) is 5.73 Å². The van der Waals surface area contributed by atoms with Gasteiger partial charge in [0.05, 0.1) is 16.9 Å². The summed E-state index contributed by atoms with van der Waals surface area (Å²) in [5, 5.41) is 4.88. The lowest BCUT2D eigenvalue weighted by molar-refractivity contribution is 0.528. The molecular formula is C10H16ClN3. The van der Waals surface area contributed by atoms with Crippen LogP contribution in [0, 0.1) is 0 Å². The van der Waals surface area contributed by atoms with Gasteiger partial charge in [-0.1, -0.05) is 17.7 Å². The van der Waals surface area contributed by atoms with E-state index in [0.29, 0.717) is 17.6 Å². The summed E-state index contributed by atoms with van der Waals surface area (Å²) in [4.78, 5) is 0. The minimum atomic E-state index is 0.319. The molecule has 0 bridgehead atoms. The van der Waals surface area contributed by atoms with E-state index >= 15 is 0 Å². The van der Waals surface area contributed by atoms with Gasteiger partial charge in [-0.2, -0.15) is 5.10 Å². The van der Waals surface area contributed by atoms with Crippen LogP contribution in [0.25, 0.3) is 6.08 Å². The van der Waals surface area contributed by atoms with Gasteiger partial charge >= 0.3 is 0 Å². The number of nitrogens with zero attached hydrogens (tertiary/aromatic N) is 2. The second-order valence-corrected chi connectivity index (χ2v) is 3.80. The van der Waals surface area contributed by atoms with Gasteiger partial charge in [-0.25, -0.2) is 0 Å². The van der Waals surface area contributed by atoms with E-state index in [2.05, 4.69) is 18.9 Å². The molecule has 0 saturated carbocycles. The molecule has 1 aromatic heterocycles. The molecule has 0 spiro atoms. The smallest absolute Gasteiger partial charge is 0.0859 e. The number of nitrogens with two attached hydrogens (primary N) is 1. The normalized spacial score (nSPS) is 11.8. The van der Waals surface area contributed by atoms with Crippen LogP contribution in [0.3, 0.4) is 0 Å². The maximum atomic E-state index is 6.00. The van der Waals surface area contributed by atoms with E-state index in [1.54, 1.807) is 6.20 Å². The highest BCUT2D eigenvalue weighted by atomic mass is 35.5. The first-order chi connectivity index (χ1) is 6.66. The van der Waals surface area contributed by atoms with Gasteiger partial charge in [0.1, 0.15) is 0 Å². The third-order valence-electron chi connectivity index (χ3n) is 1.89. The number of halogens is 1. The molecule has 3 nitrogen and oxygen atoms in total. The van der Waals surface area contributed by atoms with E-state index in [1.165, 1.54) is 0 Å². The molecule has 0 aromatic carbocycles. The Morgan fingerprint density at radius 1 is 1.64 bits per heavy atom. The lowest BCUT2D eigenvalue weighted by atomic mass is 10.3. The molecular weight excluding hydrogens is 198 g/mol. The summed E-state index contributed by atoms with van der Waals surface area (Å²) in [7, 11) is 0. The molecule has 0 aliphatic heterocycles. The third kappa shape index (κ3) is 2.59. The quantitative estimate of drug-likeness (QED) is 0.835. The number of hydrogen-bond acceptors (Lipinski definition) is 2. The molecule has 0 fully saturated rings. The first kappa shape index (κ1) is 11.3. The van der Waals surface area contributed by atoms with Crippen LogP contribution in [0.2, 0.25) is 5.02 Å². The summed E-state index contributed by atoms with van der Waals surface area (Å²) in [5.41, 5.74) is 6.35. The van der Waals surface area contributed by atoms with Crippen LogP contribution >= 0.6 is 11.6 Å². The van der Waals surface area contributed by atoms with Crippen molar-refractivity contribution < 1.29 is 0 Å².